The quantitative estimate of drug-likeness (QED) is 0.493. The van der Waals surface area contributed by atoms with Gasteiger partial charge in [-0.2, -0.15) is 0 Å². The van der Waals surface area contributed by atoms with Crippen molar-refractivity contribution in [2.75, 3.05) is 13.2 Å². The van der Waals surface area contributed by atoms with Gasteiger partial charge in [0.2, 0.25) is 0 Å². The molecule has 0 spiro atoms. The average molecular weight is 426 g/mol. The molecule has 2 aromatic heterocycles. The van der Waals surface area contributed by atoms with E-state index in [1.807, 2.05) is 42.6 Å². The van der Waals surface area contributed by atoms with E-state index in [2.05, 4.69) is 57.0 Å². The molecule has 4 aromatic rings. The van der Waals surface area contributed by atoms with E-state index in [1.165, 1.54) is 5.69 Å². The molecule has 0 saturated carbocycles. The van der Waals surface area contributed by atoms with Crippen molar-refractivity contribution < 1.29 is 9.84 Å². The number of hydrogen-bond donors (Lipinski definition) is 1. The third-order valence-corrected chi connectivity index (χ3v) is 5.94. The van der Waals surface area contributed by atoms with E-state index in [0.29, 0.717) is 13.0 Å². The average Bonchev–Trinajstić information content (AvgIpc) is 3.19. The number of pyridine rings is 1. The van der Waals surface area contributed by atoms with E-state index in [4.69, 9.17) is 4.74 Å². The van der Waals surface area contributed by atoms with E-state index in [9.17, 15) is 5.11 Å². The zero-order chi connectivity index (χ0) is 21.8. The summed E-state index contributed by atoms with van der Waals surface area (Å²) in [7, 11) is 0. The molecular formula is C27H27N3O2. The molecule has 162 valence electrons. The summed E-state index contributed by atoms with van der Waals surface area (Å²) in [5, 5.41) is 10.8. The molecule has 0 fully saturated rings. The van der Waals surface area contributed by atoms with Crippen molar-refractivity contribution in [3.63, 3.8) is 0 Å². The molecule has 0 amide bonds. The van der Waals surface area contributed by atoms with Crippen LogP contribution in [0.5, 0.6) is 5.75 Å². The van der Waals surface area contributed by atoms with E-state index in [0.717, 1.165) is 47.8 Å². The normalized spacial score (nSPS) is 14.9. The lowest BCUT2D eigenvalue weighted by molar-refractivity contribution is 0.178. The number of nitrogens with zero attached hydrogens (tertiary/aromatic N) is 3. The number of aromatic nitrogens is 2. The highest BCUT2D eigenvalue weighted by atomic mass is 16.5. The SMILES string of the molecule is O[C@H](Cc1ccccc1)c1ccc2c(c1)CN(Cc1cccn1-c1cccnc1)CCO2. The fourth-order valence-corrected chi connectivity index (χ4v) is 4.29. The van der Waals surface area contributed by atoms with Crippen molar-refractivity contribution in [2.45, 2.75) is 25.6 Å². The Kier molecular flexibility index (Phi) is 6.01. The first-order valence-corrected chi connectivity index (χ1v) is 11.0. The maximum absolute atomic E-state index is 10.8. The molecule has 1 N–H and O–H groups in total. The maximum Gasteiger partial charge on any atom is 0.123 e. The number of aliphatic hydroxyl groups is 1. The third-order valence-electron chi connectivity index (χ3n) is 5.94. The molecule has 5 heteroatoms. The van der Waals surface area contributed by atoms with Gasteiger partial charge >= 0.3 is 0 Å². The molecule has 1 atom stereocenters. The number of rotatable bonds is 6. The molecule has 2 aromatic carbocycles. The predicted octanol–water partition coefficient (Wildman–Crippen LogP) is 4.54. The Morgan fingerprint density at radius 2 is 1.91 bits per heavy atom. The highest BCUT2D eigenvalue weighted by Gasteiger charge is 2.19. The molecule has 5 rings (SSSR count). The summed E-state index contributed by atoms with van der Waals surface area (Å²) in [5.41, 5.74) is 5.44. The predicted molar refractivity (Wildman–Crippen MR) is 125 cm³/mol. The minimum Gasteiger partial charge on any atom is -0.492 e. The van der Waals surface area contributed by atoms with Crippen LogP contribution in [0.4, 0.5) is 0 Å². The molecule has 0 saturated heterocycles. The summed E-state index contributed by atoms with van der Waals surface area (Å²) in [5.74, 6) is 0.908. The second kappa shape index (κ2) is 9.39. The molecule has 0 unspecified atom stereocenters. The van der Waals surface area contributed by atoms with E-state index < -0.39 is 6.10 Å². The van der Waals surface area contributed by atoms with Gasteiger partial charge in [0.1, 0.15) is 12.4 Å². The summed E-state index contributed by atoms with van der Waals surface area (Å²) in [6.45, 7) is 3.07. The summed E-state index contributed by atoms with van der Waals surface area (Å²) in [4.78, 5) is 6.64. The van der Waals surface area contributed by atoms with Crippen LogP contribution in [0.3, 0.4) is 0 Å². The minimum absolute atomic E-state index is 0.540. The molecule has 0 bridgehead atoms. The van der Waals surface area contributed by atoms with E-state index in [-0.39, 0.29) is 0 Å². The molecule has 3 heterocycles. The van der Waals surface area contributed by atoms with Crippen molar-refractivity contribution in [2.24, 2.45) is 0 Å². The number of benzene rings is 2. The maximum atomic E-state index is 10.8. The lowest BCUT2D eigenvalue weighted by Gasteiger charge is -2.21. The van der Waals surface area contributed by atoms with Crippen LogP contribution >= 0.6 is 0 Å². The second-order valence-electron chi connectivity index (χ2n) is 8.21. The van der Waals surface area contributed by atoms with Gasteiger partial charge in [-0.1, -0.05) is 36.4 Å². The Bertz CT molecular complexity index is 1160. The Morgan fingerprint density at radius 1 is 1.00 bits per heavy atom. The first-order valence-electron chi connectivity index (χ1n) is 11.0. The van der Waals surface area contributed by atoms with Gasteiger partial charge in [-0.3, -0.25) is 9.88 Å². The third kappa shape index (κ3) is 4.59. The monoisotopic (exact) mass is 425 g/mol. The van der Waals surface area contributed by atoms with Crippen LogP contribution in [-0.4, -0.2) is 32.7 Å². The minimum atomic E-state index is -0.540. The summed E-state index contributed by atoms with van der Waals surface area (Å²) >= 11 is 0. The van der Waals surface area contributed by atoms with Crippen LogP contribution in [0, 0.1) is 0 Å². The number of aliphatic hydroxyl groups excluding tert-OH is 1. The van der Waals surface area contributed by atoms with E-state index >= 15 is 0 Å². The van der Waals surface area contributed by atoms with Gasteiger partial charge in [0.15, 0.2) is 0 Å². The fourth-order valence-electron chi connectivity index (χ4n) is 4.29. The first-order chi connectivity index (χ1) is 15.8. The van der Waals surface area contributed by atoms with Crippen molar-refractivity contribution in [3.8, 4) is 11.4 Å². The topological polar surface area (TPSA) is 50.5 Å². The number of ether oxygens (including phenoxy) is 1. The molecule has 1 aliphatic rings. The van der Waals surface area contributed by atoms with E-state index in [1.54, 1.807) is 6.20 Å². The largest absolute Gasteiger partial charge is 0.492 e. The fraction of sp³-hybridized carbons (Fsp3) is 0.222. The Labute approximate surface area is 188 Å². The van der Waals surface area contributed by atoms with Crippen LogP contribution in [0.25, 0.3) is 5.69 Å². The second-order valence-corrected chi connectivity index (χ2v) is 8.21. The van der Waals surface area contributed by atoms with Crippen molar-refractivity contribution in [3.05, 3.63) is 114 Å². The highest BCUT2D eigenvalue weighted by Crippen LogP contribution is 2.29. The van der Waals surface area contributed by atoms with Gasteiger partial charge in [0, 0.05) is 49.7 Å². The van der Waals surface area contributed by atoms with Crippen LogP contribution in [0.2, 0.25) is 0 Å². The molecule has 32 heavy (non-hydrogen) atoms. The van der Waals surface area contributed by atoms with Gasteiger partial charge < -0.3 is 14.4 Å². The smallest absolute Gasteiger partial charge is 0.123 e. The van der Waals surface area contributed by atoms with Gasteiger partial charge in [-0.15, -0.1) is 0 Å². The highest BCUT2D eigenvalue weighted by molar-refractivity contribution is 5.39. The molecule has 0 radical (unpaired) electrons. The van der Waals surface area contributed by atoms with Gasteiger partial charge in [0.05, 0.1) is 18.0 Å². The summed E-state index contributed by atoms with van der Waals surface area (Å²) in [6.07, 6.45) is 5.81. The first kappa shape index (κ1) is 20.5. The lowest BCUT2D eigenvalue weighted by Crippen LogP contribution is -2.26. The Hall–Kier alpha value is -3.41. The van der Waals surface area contributed by atoms with Gasteiger partial charge in [-0.05, 0) is 47.5 Å². The molecular weight excluding hydrogens is 398 g/mol. The van der Waals surface area contributed by atoms with Gasteiger partial charge in [0.25, 0.3) is 0 Å². The standard InChI is InChI=1S/C27H27N3O2/c31-26(16-21-6-2-1-3-7-21)22-10-11-27-23(17-22)19-29(14-15-32-27)20-25-9-5-13-30(25)24-8-4-12-28-18-24/h1-13,17-18,26,31H,14-16,19-20H2/t26-/m1/s1. The Balaban J connectivity index is 1.33. The molecule has 0 aliphatic carbocycles. The zero-order valence-corrected chi connectivity index (χ0v) is 18.0. The van der Waals surface area contributed by atoms with Crippen LogP contribution < -0.4 is 4.74 Å². The van der Waals surface area contributed by atoms with Crippen molar-refractivity contribution in [1.82, 2.24) is 14.5 Å². The van der Waals surface area contributed by atoms with Crippen LogP contribution in [0.15, 0.2) is 91.4 Å². The molecule has 1 aliphatic heterocycles. The van der Waals surface area contributed by atoms with Crippen molar-refractivity contribution >= 4 is 0 Å². The van der Waals surface area contributed by atoms with Crippen LogP contribution in [0.1, 0.15) is 28.5 Å². The van der Waals surface area contributed by atoms with Crippen LogP contribution in [-0.2, 0) is 19.5 Å². The zero-order valence-electron chi connectivity index (χ0n) is 18.0. The molecule has 5 nitrogen and oxygen atoms in total. The van der Waals surface area contributed by atoms with Gasteiger partial charge in [-0.25, -0.2) is 0 Å². The number of fused-ring (bicyclic) bond motifs is 1. The number of hydrogen-bond acceptors (Lipinski definition) is 4. The summed E-state index contributed by atoms with van der Waals surface area (Å²) in [6, 6.07) is 24.4. The Morgan fingerprint density at radius 3 is 2.75 bits per heavy atom. The van der Waals surface area contributed by atoms with Crippen molar-refractivity contribution in [1.29, 1.82) is 0 Å². The summed E-state index contributed by atoms with van der Waals surface area (Å²) < 4.78 is 8.21. The lowest BCUT2D eigenvalue weighted by atomic mass is 9.99.